The molecule has 0 spiro atoms. The van der Waals surface area contributed by atoms with Gasteiger partial charge in [-0.25, -0.2) is 0 Å². The number of ketones is 1. The van der Waals surface area contributed by atoms with Gasteiger partial charge >= 0.3 is 0 Å². The van der Waals surface area contributed by atoms with Crippen LogP contribution in [0.5, 0.6) is 5.75 Å². The zero-order chi connectivity index (χ0) is 26.3. The number of nitrogens with two attached hydrogens (primary N) is 1. The van der Waals surface area contributed by atoms with Crippen LogP contribution in [0.2, 0.25) is 4.34 Å². The number of methoxy groups -OCH3 is 1. The van der Waals surface area contributed by atoms with Crippen molar-refractivity contribution < 1.29 is 19.1 Å². The summed E-state index contributed by atoms with van der Waals surface area (Å²) in [6.45, 7) is 1.95. The Labute approximate surface area is 231 Å². The quantitative estimate of drug-likeness (QED) is 0.269. The summed E-state index contributed by atoms with van der Waals surface area (Å²) < 4.78 is 5.94. The van der Waals surface area contributed by atoms with Crippen molar-refractivity contribution in [1.82, 2.24) is 4.90 Å². The zero-order valence-electron chi connectivity index (χ0n) is 19.9. The van der Waals surface area contributed by atoms with Crippen molar-refractivity contribution in [2.45, 2.75) is 24.9 Å². The van der Waals surface area contributed by atoms with E-state index in [1.54, 1.807) is 43.5 Å². The fourth-order valence-electron chi connectivity index (χ4n) is 5.14. The molecule has 4 aromatic rings. The molecule has 4 atom stereocenters. The van der Waals surface area contributed by atoms with Crippen molar-refractivity contribution in [3.63, 3.8) is 0 Å². The minimum atomic E-state index is -1.06. The molecule has 1 fully saturated rings. The van der Waals surface area contributed by atoms with E-state index in [2.05, 4.69) is 0 Å². The highest BCUT2D eigenvalue weighted by Crippen LogP contribution is 2.54. The fourth-order valence-corrected chi connectivity index (χ4v) is 7.91. The van der Waals surface area contributed by atoms with Gasteiger partial charge in [-0.2, -0.15) is 0 Å². The lowest BCUT2D eigenvalue weighted by Gasteiger charge is -2.30. The topological polar surface area (TPSA) is 89.7 Å². The van der Waals surface area contributed by atoms with Gasteiger partial charge in [0.1, 0.15) is 11.8 Å². The van der Waals surface area contributed by atoms with Gasteiger partial charge in [0.25, 0.3) is 5.91 Å². The Kier molecular flexibility index (Phi) is 7.22. The summed E-state index contributed by atoms with van der Waals surface area (Å²) in [4.78, 5) is 44.8. The minimum absolute atomic E-state index is 0.185. The molecule has 5 rings (SSSR count). The van der Waals surface area contributed by atoms with Crippen molar-refractivity contribution in [2.24, 2.45) is 11.7 Å². The third-order valence-electron chi connectivity index (χ3n) is 6.69. The predicted octanol–water partition coefficient (Wildman–Crippen LogP) is 6.18. The average molecular weight is 571 g/mol. The van der Waals surface area contributed by atoms with Crippen LogP contribution < -0.4 is 10.5 Å². The number of hydrogen-bond acceptors (Lipinski definition) is 7. The number of rotatable bonds is 7. The Morgan fingerprint density at radius 2 is 1.81 bits per heavy atom. The molecule has 1 aliphatic heterocycles. The van der Waals surface area contributed by atoms with E-state index in [0.717, 1.165) is 10.4 Å². The van der Waals surface area contributed by atoms with Gasteiger partial charge in [-0.1, -0.05) is 29.8 Å². The molecule has 0 radical (unpaired) electrons. The number of Topliss-reactive ketones (excluding diaryl/α,β-unsaturated/α-hetero) is 1. The van der Waals surface area contributed by atoms with E-state index in [0.29, 0.717) is 25.4 Å². The van der Waals surface area contributed by atoms with Crippen LogP contribution in [-0.2, 0) is 4.79 Å². The maximum absolute atomic E-state index is 14.3. The Hall–Kier alpha value is -2.98. The van der Waals surface area contributed by atoms with Crippen molar-refractivity contribution in [2.75, 3.05) is 7.11 Å². The SMILES string of the molecule is COc1cccc(C2C(C(=O)c3ccc(Cl)s3)C(c3sccc3C)N(C(=O)c3cccs3)C2C(N)=O)c1. The maximum atomic E-state index is 14.3. The summed E-state index contributed by atoms with van der Waals surface area (Å²) >= 11 is 10.1. The van der Waals surface area contributed by atoms with Gasteiger partial charge in [0.15, 0.2) is 5.78 Å². The molecule has 4 heterocycles. The van der Waals surface area contributed by atoms with Crippen LogP contribution in [0.4, 0.5) is 0 Å². The van der Waals surface area contributed by atoms with E-state index in [-0.39, 0.29) is 11.7 Å². The number of ether oxygens (including phenoxy) is 1. The largest absolute Gasteiger partial charge is 0.497 e. The Bertz CT molecular complexity index is 1460. The number of amides is 2. The van der Waals surface area contributed by atoms with Gasteiger partial charge in [0, 0.05) is 10.8 Å². The highest BCUT2D eigenvalue weighted by Gasteiger charge is 2.58. The number of benzene rings is 1. The number of likely N-dealkylation sites (tertiary alicyclic amines) is 1. The summed E-state index contributed by atoms with van der Waals surface area (Å²) in [5.41, 5.74) is 7.69. The normalized spacial score (nSPS) is 21.2. The monoisotopic (exact) mass is 570 g/mol. The minimum Gasteiger partial charge on any atom is -0.497 e. The molecule has 37 heavy (non-hydrogen) atoms. The third kappa shape index (κ3) is 4.61. The summed E-state index contributed by atoms with van der Waals surface area (Å²) in [6.07, 6.45) is 0. The second-order valence-corrected chi connectivity index (χ2v) is 12.4. The molecule has 2 amide bonds. The van der Waals surface area contributed by atoms with Gasteiger partial charge in [-0.15, -0.1) is 34.0 Å². The number of aryl methyl sites for hydroxylation is 1. The van der Waals surface area contributed by atoms with E-state index < -0.39 is 29.8 Å². The number of primary amides is 1. The predicted molar refractivity (Wildman–Crippen MR) is 148 cm³/mol. The highest BCUT2D eigenvalue weighted by molar-refractivity contribution is 7.18. The average Bonchev–Trinajstić information content (AvgIpc) is 3.69. The molecule has 6 nitrogen and oxygen atoms in total. The molecule has 1 aromatic carbocycles. The molecule has 3 aromatic heterocycles. The first-order valence-corrected chi connectivity index (χ1v) is 14.4. The summed E-state index contributed by atoms with van der Waals surface area (Å²) in [7, 11) is 1.56. The molecule has 190 valence electrons. The third-order valence-corrected chi connectivity index (χ3v) is 9.89. The first-order valence-electron chi connectivity index (χ1n) is 11.4. The molecule has 0 saturated carbocycles. The Balaban J connectivity index is 1.78. The van der Waals surface area contributed by atoms with Gasteiger partial charge in [-0.05, 0) is 65.2 Å². The molecular weight excluding hydrogens is 548 g/mol. The zero-order valence-corrected chi connectivity index (χ0v) is 23.1. The molecule has 4 unspecified atom stereocenters. The van der Waals surface area contributed by atoms with Crippen LogP contribution in [-0.4, -0.2) is 35.6 Å². The lowest BCUT2D eigenvalue weighted by Crippen LogP contribution is -2.46. The molecule has 10 heteroatoms. The number of thiophene rings is 3. The number of halogens is 1. The van der Waals surface area contributed by atoms with E-state index in [1.165, 1.54) is 38.9 Å². The molecule has 2 N–H and O–H groups in total. The van der Waals surface area contributed by atoms with Crippen molar-refractivity contribution in [1.29, 1.82) is 0 Å². The van der Waals surface area contributed by atoms with Crippen LogP contribution in [0.25, 0.3) is 0 Å². The Morgan fingerprint density at radius 1 is 1.00 bits per heavy atom. The fraction of sp³-hybridized carbons (Fsp3) is 0.222. The van der Waals surface area contributed by atoms with Gasteiger partial charge in [0.05, 0.1) is 33.2 Å². The van der Waals surface area contributed by atoms with Crippen LogP contribution in [0.3, 0.4) is 0 Å². The molecular formula is C27H23ClN2O4S3. The van der Waals surface area contributed by atoms with Crippen LogP contribution in [0.1, 0.15) is 47.3 Å². The van der Waals surface area contributed by atoms with Crippen molar-refractivity contribution in [3.8, 4) is 5.75 Å². The van der Waals surface area contributed by atoms with Crippen LogP contribution >= 0.6 is 45.6 Å². The van der Waals surface area contributed by atoms with Crippen molar-refractivity contribution in [3.05, 3.63) is 95.5 Å². The van der Waals surface area contributed by atoms with E-state index in [9.17, 15) is 14.4 Å². The van der Waals surface area contributed by atoms with Crippen LogP contribution in [0, 0.1) is 12.8 Å². The van der Waals surface area contributed by atoms with Crippen molar-refractivity contribution >= 4 is 63.2 Å². The van der Waals surface area contributed by atoms with Gasteiger partial charge < -0.3 is 15.4 Å². The first kappa shape index (κ1) is 25.7. The van der Waals surface area contributed by atoms with Gasteiger partial charge in [-0.3, -0.25) is 14.4 Å². The number of carbonyl (C=O) groups is 3. The van der Waals surface area contributed by atoms with E-state index in [4.69, 9.17) is 22.1 Å². The first-order chi connectivity index (χ1) is 17.8. The second kappa shape index (κ2) is 10.4. The maximum Gasteiger partial charge on any atom is 0.265 e. The lowest BCUT2D eigenvalue weighted by molar-refractivity contribution is -0.122. The molecule has 1 saturated heterocycles. The van der Waals surface area contributed by atoms with Crippen LogP contribution in [0.15, 0.2) is 65.4 Å². The van der Waals surface area contributed by atoms with E-state index in [1.807, 2.05) is 35.9 Å². The second-order valence-electron chi connectivity index (χ2n) is 8.75. The highest BCUT2D eigenvalue weighted by atomic mass is 35.5. The smallest absolute Gasteiger partial charge is 0.265 e. The van der Waals surface area contributed by atoms with E-state index >= 15 is 0 Å². The summed E-state index contributed by atoms with van der Waals surface area (Å²) in [6, 6.07) is 14.3. The Morgan fingerprint density at radius 3 is 2.41 bits per heavy atom. The van der Waals surface area contributed by atoms with Gasteiger partial charge in [0.2, 0.25) is 5.91 Å². The lowest BCUT2D eigenvalue weighted by atomic mass is 9.78. The summed E-state index contributed by atoms with van der Waals surface area (Å²) in [5, 5.41) is 3.74. The number of nitrogens with zero attached hydrogens (tertiary/aromatic N) is 1. The molecule has 1 aliphatic rings. The standard InChI is InChI=1S/C27H23ClN2O4S3/c1-14-10-12-36-25(14)22-21(24(31)17-8-9-19(28)37-17)20(15-5-3-6-16(13-15)34-2)23(26(29)32)30(22)27(33)18-7-4-11-35-18/h3-13,20-23H,1-2H3,(H2,29,32). The molecule has 0 aliphatic carbocycles. The number of hydrogen-bond donors (Lipinski definition) is 1. The summed E-state index contributed by atoms with van der Waals surface area (Å²) in [5.74, 6) is -2.08. The number of carbonyl (C=O) groups excluding carboxylic acids is 3. The molecule has 0 bridgehead atoms.